The summed E-state index contributed by atoms with van der Waals surface area (Å²) in [6.07, 6.45) is 9.89. The number of allylic oxidation sites excluding steroid dienone is 5. The fourth-order valence-electron chi connectivity index (χ4n) is 4.69. The van der Waals surface area contributed by atoms with Crippen molar-refractivity contribution in [1.82, 2.24) is 14.5 Å². The van der Waals surface area contributed by atoms with Gasteiger partial charge in [0.1, 0.15) is 0 Å². The largest absolute Gasteiger partial charge is 0.278 e. The van der Waals surface area contributed by atoms with Crippen LogP contribution in [0.3, 0.4) is 0 Å². The number of para-hydroxylation sites is 1. The summed E-state index contributed by atoms with van der Waals surface area (Å²) in [6, 6.07) is 15.0. The second-order valence-corrected chi connectivity index (χ2v) is 7.97. The van der Waals surface area contributed by atoms with Crippen LogP contribution in [0, 0.1) is 0 Å². The molecular weight excluding hydrogens is 354 g/mol. The summed E-state index contributed by atoms with van der Waals surface area (Å²) in [5, 5.41) is 2.44. The first-order valence-electron chi connectivity index (χ1n) is 9.93. The molecule has 0 amide bonds. The standard InChI is InChI=1S/C26H23N3/c1-5-10-21-17(6-2)19-16-24-20(15-22(19)26(21,3)4)18-11-7-8-12-23(18)29(24)25-27-13-9-14-28-25/h5-16H,2H2,1,3-4H3/b10-5-. The molecule has 0 fully saturated rings. The van der Waals surface area contributed by atoms with Crippen molar-refractivity contribution in [3.05, 3.63) is 96.4 Å². The SMILES string of the molecule is C=CC1=C(/C=C\C)C(C)(C)c2cc3c4ccccc4n(-c4ncccn4)c3cc21. The normalized spacial score (nSPS) is 15.6. The van der Waals surface area contributed by atoms with Gasteiger partial charge in [-0.05, 0) is 53.5 Å². The van der Waals surface area contributed by atoms with Gasteiger partial charge < -0.3 is 0 Å². The number of hydrogen-bond acceptors (Lipinski definition) is 2. The maximum absolute atomic E-state index is 4.54. The van der Waals surface area contributed by atoms with Gasteiger partial charge in [0, 0.05) is 28.6 Å². The first-order valence-corrected chi connectivity index (χ1v) is 9.93. The quantitative estimate of drug-likeness (QED) is 0.415. The molecule has 2 heterocycles. The molecular formula is C26H23N3. The maximum Gasteiger partial charge on any atom is 0.234 e. The van der Waals surface area contributed by atoms with E-state index in [9.17, 15) is 0 Å². The number of rotatable bonds is 3. The molecule has 142 valence electrons. The van der Waals surface area contributed by atoms with Gasteiger partial charge in [0.05, 0.1) is 11.0 Å². The van der Waals surface area contributed by atoms with Crippen LogP contribution in [0.15, 0.2) is 85.2 Å². The van der Waals surface area contributed by atoms with Crippen LogP contribution < -0.4 is 0 Å². The molecule has 3 nitrogen and oxygen atoms in total. The lowest BCUT2D eigenvalue weighted by atomic mass is 9.80. The van der Waals surface area contributed by atoms with E-state index in [-0.39, 0.29) is 5.41 Å². The van der Waals surface area contributed by atoms with Crippen LogP contribution in [0.5, 0.6) is 0 Å². The highest BCUT2D eigenvalue weighted by Gasteiger charge is 2.36. The zero-order valence-electron chi connectivity index (χ0n) is 17.0. The Morgan fingerprint density at radius 2 is 1.72 bits per heavy atom. The van der Waals surface area contributed by atoms with Gasteiger partial charge in [-0.2, -0.15) is 0 Å². The zero-order chi connectivity index (χ0) is 20.2. The van der Waals surface area contributed by atoms with E-state index < -0.39 is 0 Å². The lowest BCUT2D eigenvalue weighted by molar-refractivity contribution is 0.655. The number of nitrogens with zero attached hydrogens (tertiary/aromatic N) is 3. The van der Waals surface area contributed by atoms with Gasteiger partial charge in [0.2, 0.25) is 5.95 Å². The third kappa shape index (κ3) is 2.37. The lowest BCUT2D eigenvalue weighted by Crippen LogP contribution is -2.16. The fraction of sp³-hybridized carbons (Fsp3) is 0.154. The zero-order valence-corrected chi connectivity index (χ0v) is 17.0. The summed E-state index contributed by atoms with van der Waals surface area (Å²) in [5.74, 6) is 0.689. The minimum absolute atomic E-state index is 0.0774. The minimum atomic E-state index is -0.0774. The Labute approximate surface area is 170 Å². The van der Waals surface area contributed by atoms with E-state index >= 15 is 0 Å². The lowest BCUT2D eigenvalue weighted by Gasteiger charge is -2.23. The van der Waals surface area contributed by atoms with Crippen LogP contribution in [0.25, 0.3) is 33.3 Å². The van der Waals surface area contributed by atoms with Crippen LogP contribution in [-0.2, 0) is 5.41 Å². The van der Waals surface area contributed by atoms with Crippen molar-refractivity contribution in [2.24, 2.45) is 0 Å². The Bertz CT molecular complexity index is 1330. The molecule has 1 aliphatic rings. The highest BCUT2D eigenvalue weighted by Crippen LogP contribution is 2.49. The predicted octanol–water partition coefficient (Wildman–Crippen LogP) is 6.38. The van der Waals surface area contributed by atoms with Crippen molar-refractivity contribution >= 4 is 27.4 Å². The third-order valence-corrected chi connectivity index (χ3v) is 6.03. The van der Waals surface area contributed by atoms with E-state index in [2.05, 4.69) is 90.4 Å². The minimum Gasteiger partial charge on any atom is -0.278 e. The highest BCUT2D eigenvalue weighted by atomic mass is 15.1. The van der Waals surface area contributed by atoms with Crippen LogP contribution in [0.1, 0.15) is 31.9 Å². The number of hydrogen-bond donors (Lipinski definition) is 0. The maximum atomic E-state index is 4.54. The first kappa shape index (κ1) is 17.6. The molecule has 0 atom stereocenters. The Kier molecular flexibility index (Phi) is 3.82. The van der Waals surface area contributed by atoms with Crippen molar-refractivity contribution in [1.29, 1.82) is 0 Å². The summed E-state index contributed by atoms with van der Waals surface area (Å²) in [7, 11) is 0. The third-order valence-electron chi connectivity index (χ3n) is 6.03. The van der Waals surface area contributed by atoms with E-state index in [1.54, 1.807) is 12.4 Å². The highest BCUT2D eigenvalue weighted by molar-refractivity contribution is 6.11. The van der Waals surface area contributed by atoms with Gasteiger partial charge in [-0.1, -0.05) is 56.9 Å². The van der Waals surface area contributed by atoms with Crippen molar-refractivity contribution in [3.63, 3.8) is 0 Å². The molecule has 0 spiro atoms. The van der Waals surface area contributed by atoms with Gasteiger partial charge in [-0.15, -0.1) is 0 Å². The molecule has 0 bridgehead atoms. The predicted molar refractivity (Wildman–Crippen MR) is 121 cm³/mol. The van der Waals surface area contributed by atoms with Crippen molar-refractivity contribution in [2.75, 3.05) is 0 Å². The average Bonchev–Trinajstić information content (AvgIpc) is 3.17. The molecule has 2 aromatic carbocycles. The van der Waals surface area contributed by atoms with Crippen molar-refractivity contribution < 1.29 is 0 Å². The molecule has 0 radical (unpaired) electrons. The van der Waals surface area contributed by atoms with Crippen LogP contribution in [-0.4, -0.2) is 14.5 Å². The van der Waals surface area contributed by atoms with E-state index in [0.29, 0.717) is 5.95 Å². The average molecular weight is 377 g/mol. The van der Waals surface area contributed by atoms with Gasteiger partial charge >= 0.3 is 0 Å². The Morgan fingerprint density at radius 1 is 0.966 bits per heavy atom. The molecule has 5 rings (SSSR count). The van der Waals surface area contributed by atoms with Crippen LogP contribution in [0.4, 0.5) is 0 Å². The number of fused-ring (bicyclic) bond motifs is 4. The Balaban J connectivity index is 1.94. The van der Waals surface area contributed by atoms with Gasteiger partial charge in [0.25, 0.3) is 0 Å². The van der Waals surface area contributed by atoms with Gasteiger partial charge in [0.15, 0.2) is 0 Å². The molecule has 2 aromatic heterocycles. The monoisotopic (exact) mass is 377 g/mol. The Hall–Kier alpha value is -3.46. The van der Waals surface area contributed by atoms with E-state index in [4.69, 9.17) is 0 Å². The van der Waals surface area contributed by atoms with Crippen LogP contribution in [0.2, 0.25) is 0 Å². The smallest absolute Gasteiger partial charge is 0.234 e. The summed E-state index contributed by atoms with van der Waals surface area (Å²) in [5.41, 5.74) is 7.25. The molecule has 1 aliphatic carbocycles. The molecule has 0 aliphatic heterocycles. The molecule has 0 N–H and O–H groups in total. The van der Waals surface area contributed by atoms with E-state index in [1.807, 2.05) is 12.1 Å². The molecule has 3 heteroatoms. The van der Waals surface area contributed by atoms with Crippen molar-refractivity contribution in [3.8, 4) is 5.95 Å². The van der Waals surface area contributed by atoms with Crippen molar-refractivity contribution in [2.45, 2.75) is 26.2 Å². The number of aromatic nitrogens is 3. The topological polar surface area (TPSA) is 30.7 Å². The first-order chi connectivity index (χ1) is 14.1. The summed E-state index contributed by atoms with van der Waals surface area (Å²) in [4.78, 5) is 9.07. The second-order valence-electron chi connectivity index (χ2n) is 7.97. The van der Waals surface area contributed by atoms with E-state index in [0.717, 1.165) is 11.0 Å². The summed E-state index contributed by atoms with van der Waals surface area (Å²) >= 11 is 0. The Morgan fingerprint density at radius 3 is 2.45 bits per heavy atom. The van der Waals surface area contributed by atoms with E-state index in [1.165, 1.54) is 33.0 Å². The van der Waals surface area contributed by atoms with Gasteiger partial charge in [-0.3, -0.25) is 4.57 Å². The second kappa shape index (κ2) is 6.28. The summed E-state index contributed by atoms with van der Waals surface area (Å²) in [6.45, 7) is 10.8. The van der Waals surface area contributed by atoms with Gasteiger partial charge in [-0.25, -0.2) is 9.97 Å². The molecule has 4 aromatic rings. The number of benzene rings is 2. The molecule has 0 unspecified atom stereocenters. The fourth-order valence-corrected chi connectivity index (χ4v) is 4.69. The molecule has 29 heavy (non-hydrogen) atoms. The molecule has 0 saturated carbocycles. The summed E-state index contributed by atoms with van der Waals surface area (Å²) < 4.78 is 2.16. The molecule has 0 saturated heterocycles. The van der Waals surface area contributed by atoms with Crippen LogP contribution >= 0.6 is 0 Å².